The van der Waals surface area contributed by atoms with Crippen LogP contribution in [0, 0.1) is 17.8 Å². The van der Waals surface area contributed by atoms with Gasteiger partial charge in [0, 0.05) is 17.9 Å². The second-order valence-electron chi connectivity index (χ2n) is 12.3. The summed E-state index contributed by atoms with van der Waals surface area (Å²) < 4.78 is 26.3. The number of fused-ring (bicyclic) bond motifs is 3. The van der Waals surface area contributed by atoms with Gasteiger partial charge in [-0.05, 0) is 50.2 Å². The first-order valence-corrected chi connectivity index (χ1v) is 14.0. The molecular formula is C30H40O8. The molecule has 3 saturated heterocycles. The largest absolute Gasteiger partial charge is 0.393 e. The topological polar surface area (TPSA) is 118 Å². The zero-order valence-electron chi connectivity index (χ0n) is 22.7. The smallest absolute Gasteiger partial charge is 0.306 e. The summed E-state index contributed by atoms with van der Waals surface area (Å²) in [6.07, 6.45) is 11.4. The fraction of sp³-hybridized carbons (Fsp3) is 0.700. The number of rotatable bonds is 8. The Labute approximate surface area is 224 Å². The Kier molecular flexibility index (Phi) is 5.89. The summed E-state index contributed by atoms with van der Waals surface area (Å²) in [6.45, 7) is 11.5. The summed E-state index contributed by atoms with van der Waals surface area (Å²) in [5.41, 5.74) is -4.66. The number of ketones is 1. The van der Waals surface area contributed by atoms with Gasteiger partial charge in [-0.1, -0.05) is 57.6 Å². The number of carbonyl (C=O) groups is 1. The Hall–Kier alpha value is -1.65. The SMILES string of the molecule is C=C(C)[C@]12C[C@@H](C)[C@@]34O[C@](/C=C/C=C/CCCCC)(O[C@@H]1[C@@H]3[C@@H]1O[C@]1(CO)[C@@H](O)[C@]1(O)C(=O)C(C)=C[C@H]14)O2. The van der Waals surface area contributed by atoms with Crippen molar-refractivity contribution in [2.75, 3.05) is 6.61 Å². The molecule has 8 nitrogen and oxygen atoms in total. The number of carbonyl (C=O) groups excluding carboxylic acids is 1. The molecule has 0 aromatic rings. The number of allylic oxidation sites excluding steroid dienone is 3. The number of hydrogen-bond acceptors (Lipinski definition) is 8. The molecule has 5 fully saturated rings. The average molecular weight is 529 g/mol. The summed E-state index contributed by atoms with van der Waals surface area (Å²) in [6, 6.07) is 0. The number of aliphatic hydroxyl groups excluding tert-OH is 2. The van der Waals surface area contributed by atoms with E-state index in [0.717, 1.165) is 24.8 Å². The molecule has 3 aliphatic carbocycles. The third-order valence-electron chi connectivity index (χ3n) is 10.2. The van der Waals surface area contributed by atoms with Crippen LogP contribution in [-0.4, -0.2) is 74.4 Å². The van der Waals surface area contributed by atoms with Crippen LogP contribution in [0.1, 0.15) is 59.8 Å². The second-order valence-corrected chi connectivity index (χ2v) is 12.3. The first-order valence-electron chi connectivity index (χ1n) is 14.0. The molecule has 3 bridgehead atoms. The van der Waals surface area contributed by atoms with Crippen LogP contribution in [0.4, 0.5) is 0 Å². The van der Waals surface area contributed by atoms with E-state index < -0.39 is 70.9 Å². The summed E-state index contributed by atoms with van der Waals surface area (Å²) >= 11 is 0. The average Bonchev–Trinajstić information content (AvgIpc) is 3.52. The molecule has 2 saturated carbocycles. The maximum Gasteiger partial charge on any atom is 0.306 e. The highest BCUT2D eigenvalue weighted by molar-refractivity contribution is 6.05. The van der Waals surface area contributed by atoms with Crippen molar-refractivity contribution < 1.29 is 39.1 Å². The maximum atomic E-state index is 13.5. The highest BCUT2D eigenvalue weighted by Crippen LogP contribution is 2.72. The van der Waals surface area contributed by atoms with Gasteiger partial charge in [0.25, 0.3) is 0 Å². The van der Waals surface area contributed by atoms with E-state index in [-0.39, 0.29) is 5.92 Å². The first kappa shape index (κ1) is 26.6. The molecule has 38 heavy (non-hydrogen) atoms. The predicted molar refractivity (Wildman–Crippen MR) is 138 cm³/mol. The van der Waals surface area contributed by atoms with Crippen molar-refractivity contribution in [3.05, 3.63) is 48.1 Å². The van der Waals surface area contributed by atoms with Crippen LogP contribution >= 0.6 is 0 Å². The Bertz CT molecular complexity index is 1140. The van der Waals surface area contributed by atoms with Crippen molar-refractivity contribution in [1.82, 2.24) is 0 Å². The monoisotopic (exact) mass is 528 g/mol. The first-order chi connectivity index (χ1) is 18.0. The zero-order valence-corrected chi connectivity index (χ0v) is 22.7. The molecule has 0 aromatic heterocycles. The van der Waals surface area contributed by atoms with E-state index in [4.69, 9.17) is 18.9 Å². The summed E-state index contributed by atoms with van der Waals surface area (Å²) in [7, 11) is 0. The molecule has 0 radical (unpaired) electrons. The van der Waals surface area contributed by atoms with Crippen LogP contribution in [-0.2, 0) is 23.7 Å². The van der Waals surface area contributed by atoms with Gasteiger partial charge in [0.15, 0.2) is 11.4 Å². The summed E-state index contributed by atoms with van der Waals surface area (Å²) in [4.78, 5) is 13.5. The molecule has 0 aromatic carbocycles. The minimum absolute atomic E-state index is 0.235. The maximum absolute atomic E-state index is 13.5. The molecule has 208 valence electrons. The molecule has 3 aliphatic heterocycles. The van der Waals surface area contributed by atoms with E-state index in [1.807, 2.05) is 26.0 Å². The third-order valence-corrected chi connectivity index (χ3v) is 10.2. The van der Waals surface area contributed by atoms with Crippen molar-refractivity contribution in [2.45, 2.75) is 106 Å². The Morgan fingerprint density at radius 3 is 2.66 bits per heavy atom. The molecule has 0 unspecified atom stereocenters. The lowest BCUT2D eigenvalue weighted by Crippen LogP contribution is -2.72. The lowest BCUT2D eigenvalue weighted by molar-refractivity contribution is -0.406. The van der Waals surface area contributed by atoms with Gasteiger partial charge in [-0.15, -0.1) is 0 Å². The van der Waals surface area contributed by atoms with Crippen LogP contribution in [0.2, 0.25) is 0 Å². The van der Waals surface area contributed by atoms with Crippen LogP contribution in [0.3, 0.4) is 0 Å². The number of epoxide rings is 1. The molecule has 0 spiro atoms. The van der Waals surface area contributed by atoms with Gasteiger partial charge in [0.1, 0.15) is 29.5 Å². The van der Waals surface area contributed by atoms with Crippen molar-refractivity contribution in [1.29, 1.82) is 0 Å². The van der Waals surface area contributed by atoms with E-state index in [2.05, 4.69) is 19.6 Å². The number of hydrogen-bond donors (Lipinski definition) is 3. The molecule has 6 aliphatic rings. The lowest BCUT2D eigenvalue weighted by Gasteiger charge is -2.59. The molecule has 3 heterocycles. The lowest BCUT2D eigenvalue weighted by atomic mass is 9.54. The van der Waals surface area contributed by atoms with Crippen LogP contribution in [0.15, 0.2) is 48.1 Å². The van der Waals surface area contributed by atoms with Crippen LogP contribution < -0.4 is 0 Å². The summed E-state index contributed by atoms with van der Waals surface area (Å²) in [5, 5.41) is 34.1. The highest BCUT2D eigenvalue weighted by Gasteiger charge is 2.88. The van der Waals surface area contributed by atoms with Gasteiger partial charge < -0.3 is 34.3 Å². The predicted octanol–water partition coefficient (Wildman–Crippen LogP) is 2.87. The normalized spacial score (nSPS) is 52.2. The van der Waals surface area contributed by atoms with Crippen molar-refractivity contribution in [3.63, 3.8) is 0 Å². The number of ether oxygens (including phenoxy) is 4. The van der Waals surface area contributed by atoms with Crippen molar-refractivity contribution in [3.8, 4) is 0 Å². The van der Waals surface area contributed by atoms with E-state index in [1.54, 1.807) is 19.1 Å². The molecule has 11 atom stereocenters. The van der Waals surface area contributed by atoms with E-state index in [1.165, 1.54) is 6.42 Å². The standard InChI is InChI=1S/C30H40O8/c1-6-7-8-9-10-11-12-13-28-36-23-21-24-27(16-31,35-24)25(33)29(34)20(14-18(4)22(29)32)30(21,38-28)19(5)15-26(23,37-28)17(2)3/h10-14,19-21,23-25,31,33-34H,2,6-9,15-16H2,1,3-5H3/b11-10+,13-12+/t19-,20-,21-,23-,24+,25-,26-,27+,28-,29-,30+/m1/s1. The van der Waals surface area contributed by atoms with Crippen LogP contribution in [0.5, 0.6) is 0 Å². The Morgan fingerprint density at radius 1 is 1.21 bits per heavy atom. The molecule has 0 amide bonds. The zero-order chi connectivity index (χ0) is 27.3. The molecular weight excluding hydrogens is 488 g/mol. The fourth-order valence-corrected chi connectivity index (χ4v) is 8.28. The fourth-order valence-electron chi connectivity index (χ4n) is 8.28. The minimum Gasteiger partial charge on any atom is -0.393 e. The molecule has 8 heteroatoms. The number of aliphatic hydroxyl groups is 3. The van der Waals surface area contributed by atoms with E-state index >= 15 is 0 Å². The van der Waals surface area contributed by atoms with Gasteiger partial charge in [-0.2, -0.15) is 0 Å². The quantitative estimate of drug-likeness (QED) is 0.191. The van der Waals surface area contributed by atoms with Crippen molar-refractivity contribution in [2.24, 2.45) is 17.8 Å². The third kappa shape index (κ3) is 3.03. The van der Waals surface area contributed by atoms with E-state index in [9.17, 15) is 20.1 Å². The Morgan fingerprint density at radius 2 is 1.97 bits per heavy atom. The molecule has 3 N–H and O–H groups in total. The van der Waals surface area contributed by atoms with Gasteiger partial charge in [0.05, 0.1) is 12.2 Å². The van der Waals surface area contributed by atoms with Crippen LogP contribution in [0.25, 0.3) is 0 Å². The van der Waals surface area contributed by atoms with Gasteiger partial charge >= 0.3 is 5.97 Å². The number of unbranched alkanes of at least 4 members (excludes halogenated alkanes) is 3. The van der Waals surface area contributed by atoms with Gasteiger partial charge in [0.2, 0.25) is 0 Å². The second kappa shape index (κ2) is 8.43. The van der Waals surface area contributed by atoms with Gasteiger partial charge in [-0.3, -0.25) is 4.79 Å². The highest BCUT2D eigenvalue weighted by atomic mass is 16.9. The van der Waals surface area contributed by atoms with Crippen molar-refractivity contribution >= 4 is 5.78 Å². The Balaban J connectivity index is 1.48. The number of Topliss-reactive ketones (excluding diaryl/α,β-unsaturated/α-hetero) is 1. The minimum atomic E-state index is -2.21. The van der Waals surface area contributed by atoms with E-state index in [0.29, 0.717) is 12.0 Å². The summed E-state index contributed by atoms with van der Waals surface area (Å²) in [5.74, 6) is -3.79. The van der Waals surface area contributed by atoms with Gasteiger partial charge in [-0.25, -0.2) is 0 Å². The molecule has 6 rings (SSSR count).